The lowest BCUT2D eigenvalue weighted by Crippen LogP contribution is -2.24. The fourth-order valence-corrected chi connectivity index (χ4v) is 2.82. The lowest BCUT2D eigenvalue weighted by atomic mass is 10.1. The molecule has 0 unspecified atom stereocenters. The second kappa shape index (κ2) is 11.1. The number of nitro benzene ring substituents is 2. The zero-order valence-corrected chi connectivity index (χ0v) is 18.2. The van der Waals surface area contributed by atoms with Crippen molar-refractivity contribution in [1.82, 2.24) is 5.43 Å². The molecule has 12 nitrogen and oxygen atoms in total. The summed E-state index contributed by atoms with van der Waals surface area (Å²) < 4.78 is 10.6. The molecule has 1 N–H and O–H groups in total. The van der Waals surface area contributed by atoms with Crippen molar-refractivity contribution in [2.75, 3.05) is 6.61 Å². The summed E-state index contributed by atoms with van der Waals surface area (Å²) >= 11 is 0. The van der Waals surface area contributed by atoms with Crippen molar-refractivity contribution in [3.63, 3.8) is 0 Å². The molecule has 0 aliphatic heterocycles. The number of rotatable bonds is 9. The van der Waals surface area contributed by atoms with E-state index in [9.17, 15) is 29.8 Å². The topological polar surface area (TPSA) is 163 Å². The summed E-state index contributed by atoms with van der Waals surface area (Å²) in [7, 11) is 0. The normalized spacial score (nSPS) is 10.5. The molecule has 3 rings (SSSR count). The van der Waals surface area contributed by atoms with Crippen molar-refractivity contribution in [3.05, 3.63) is 104 Å². The molecule has 0 saturated heterocycles. The number of ether oxygens (including phenoxy) is 2. The van der Waals surface area contributed by atoms with Crippen LogP contribution in [0.1, 0.15) is 21.5 Å². The van der Waals surface area contributed by atoms with Crippen LogP contribution in [0.3, 0.4) is 0 Å². The molecular formula is C23H18N4O8. The van der Waals surface area contributed by atoms with Crippen LogP contribution in [0.4, 0.5) is 11.4 Å². The number of hydrogen-bond donors (Lipinski definition) is 1. The van der Waals surface area contributed by atoms with Gasteiger partial charge in [-0.3, -0.25) is 25.0 Å². The van der Waals surface area contributed by atoms with Crippen LogP contribution in [0.5, 0.6) is 11.5 Å². The van der Waals surface area contributed by atoms with E-state index in [1.807, 2.05) is 19.1 Å². The quantitative estimate of drug-likeness (QED) is 0.160. The number of carbonyl (C=O) groups is 2. The Morgan fingerprint density at radius 1 is 0.971 bits per heavy atom. The molecule has 35 heavy (non-hydrogen) atoms. The van der Waals surface area contributed by atoms with Crippen LogP contribution >= 0.6 is 0 Å². The van der Waals surface area contributed by atoms with Crippen LogP contribution in [-0.2, 0) is 4.79 Å². The van der Waals surface area contributed by atoms with Gasteiger partial charge in [-0.1, -0.05) is 30.3 Å². The molecule has 0 heterocycles. The summed E-state index contributed by atoms with van der Waals surface area (Å²) in [6.45, 7) is 1.61. The van der Waals surface area contributed by atoms with Crippen LogP contribution in [0.2, 0.25) is 0 Å². The molecule has 0 aliphatic rings. The number of nitro groups is 2. The lowest BCUT2D eigenvalue weighted by Gasteiger charge is -2.07. The third-order valence-electron chi connectivity index (χ3n) is 4.48. The van der Waals surface area contributed by atoms with Crippen LogP contribution in [0.25, 0.3) is 0 Å². The molecule has 0 aliphatic carbocycles. The third kappa shape index (κ3) is 6.92. The smallest absolute Gasteiger partial charge is 0.344 e. The second-order valence-electron chi connectivity index (χ2n) is 7.06. The van der Waals surface area contributed by atoms with Gasteiger partial charge in [0.1, 0.15) is 11.5 Å². The number of hydrogen-bond acceptors (Lipinski definition) is 9. The Bertz CT molecular complexity index is 1290. The molecule has 0 bridgehead atoms. The average Bonchev–Trinajstić information content (AvgIpc) is 2.83. The van der Waals surface area contributed by atoms with Gasteiger partial charge in [0.2, 0.25) is 0 Å². The van der Waals surface area contributed by atoms with Gasteiger partial charge in [-0.25, -0.2) is 10.2 Å². The Morgan fingerprint density at radius 3 is 2.31 bits per heavy atom. The maximum Gasteiger partial charge on any atom is 0.344 e. The Morgan fingerprint density at radius 2 is 1.66 bits per heavy atom. The fourth-order valence-electron chi connectivity index (χ4n) is 2.82. The van der Waals surface area contributed by atoms with E-state index in [1.165, 1.54) is 18.3 Å². The summed E-state index contributed by atoms with van der Waals surface area (Å²) in [5, 5.41) is 25.8. The molecule has 12 heteroatoms. The molecule has 0 aromatic heterocycles. The van der Waals surface area contributed by atoms with E-state index in [4.69, 9.17) is 9.47 Å². The largest absolute Gasteiger partial charge is 0.483 e. The van der Waals surface area contributed by atoms with E-state index < -0.39 is 33.1 Å². The number of nitrogens with one attached hydrogen (secondary N) is 1. The van der Waals surface area contributed by atoms with Crippen molar-refractivity contribution in [3.8, 4) is 11.5 Å². The van der Waals surface area contributed by atoms with Gasteiger partial charge in [0.05, 0.1) is 27.7 Å². The van der Waals surface area contributed by atoms with Gasteiger partial charge in [-0.2, -0.15) is 5.10 Å². The summed E-state index contributed by atoms with van der Waals surface area (Å²) in [5.41, 5.74) is 2.06. The van der Waals surface area contributed by atoms with Crippen molar-refractivity contribution in [2.45, 2.75) is 6.92 Å². The maximum atomic E-state index is 12.4. The van der Waals surface area contributed by atoms with E-state index in [0.29, 0.717) is 11.3 Å². The van der Waals surface area contributed by atoms with Crippen LogP contribution in [-0.4, -0.2) is 34.5 Å². The molecule has 0 radical (unpaired) electrons. The van der Waals surface area contributed by atoms with Crippen molar-refractivity contribution in [2.24, 2.45) is 5.10 Å². The standard InChI is InChI=1S/C23H18N4O8/c1-15-5-2-3-8-21(15)34-14-22(28)25-24-13-16-6-4-7-20(9-16)35-23(29)17-10-18(26(30)31)12-19(11-17)27(32)33/h2-13H,14H2,1H3,(H,25,28)/b24-13+. The van der Waals surface area contributed by atoms with E-state index in [1.54, 1.807) is 24.3 Å². The molecule has 3 aromatic rings. The highest BCUT2D eigenvalue weighted by Gasteiger charge is 2.21. The second-order valence-corrected chi connectivity index (χ2v) is 7.06. The number of para-hydroxylation sites is 1. The van der Waals surface area contributed by atoms with Crippen molar-refractivity contribution in [1.29, 1.82) is 0 Å². The minimum atomic E-state index is -1.02. The SMILES string of the molecule is Cc1ccccc1OCC(=O)N/N=C/c1cccc(OC(=O)c2cc([N+](=O)[O-])cc([N+](=O)[O-])c2)c1. The maximum absolute atomic E-state index is 12.4. The molecule has 0 atom stereocenters. The zero-order chi connectivity index (χ0) is 25.4. The number of aryl methyl sites for hydroxylation is 1. The van der Waals surface area contributed by atoms with Crippen molar-refractivity contribution >= 4 is 29.5 Å². The Balaban J connectivity index is 1.62. The number of hydrazone groups is 1. The molecular weight excluding hydrogens is 460 g/mol. The zero-order valence-electron chi connectivity index (χ0n) is 18.2. The van der Waals surface area contributed by atoms with Crippen molar-refractivity contribution < 1.29 is 28.9 Å². The molecule has 0 fully saturated rings. The van der Waals surface area contributed by atoms with Gasteiger partial charge in [0, 0.05) is 12.1 Å². The van der Waals surface area contributed by atoms with Gasteiger partial charge in [-0.15, -0.1) is 0 Å². The number of nitrogens with zero attached hydrogens (tertiary/aromatic N) is 3. The summed E-state index contributed by atoms with van der Waals surface area (Å²) in [4.78, 5) is 44.7. The fraction of sp³-hybridized carbons (Fsp3) is 0.0870. The summed E-state index contributed by atoms with van der Waals surface area (Å²) in [6.07, 6.45) is 1.31. The van der Waals surface area contributed by atoms with E-state index in [-0.39, 0.29) is 17.9 Å². The monoisotopic (exact) mass is 478 g/mol. The Kier molecular flexibility index (Phi) is 7.80. The average molecular weight is 478 g/mol. The minimum absolute atomic E-state index is 0.0577. The first-order valence-electron chi connectivity index (χ1n) is 9.99. The van der Waals surface area contributed by atoms with Crippen LogP contribution in [0.15, 0.2) is 71.8 Å². The Hall–Kier alpha value is -5.13. The van der Waals surface area contributed by atoms with Crippen LogP contribution in [0, 0.1) is 27.2 Å². The number of benzene rings is 3. The summed E-state index contributed by atoms with van der Waals surface area (Å²) in [6, 6.07) is 15.8. The molecule has 1 amide bonds. The number of non-ortho nitro benzene ring substituents is 2. The first kappa shape index (κ1) is 24.5. The number of esters is 1. The lowest BCUT2D eigenvalue weighted by molar-refractivity contribution is -0.394. The predicted octanol–water partition coefficient (Wildman–Crippen LogP) is 3.56. The van der Waals surface area contributed by atoms with E-state index in [2.05, 4.69) is 10.5 Å². The van der Waals surface area contributed by atoms with Gasteiger partial charge in [0.25, 0.3) is 17.3 Å². The first-order valence-corrected chi connectivity index (χ1v) is 9.99. The van der Waals surface area contributed by atoms with Gasteiger partial charge >= 0.3 is 5.97 Å². The highest BCUT2D eigenvalue weighted by Crippen LogP contribution is 2.24. The molecule has 3 aromatic carbocycles. The highest BCUT2D eigenvalue weighted by molar-refractivity contribution is 5.93. The first-order chi connectivity index (χ1) is 16.7. The van der Waals surface area contributed by atoms with Gasteiger partial charge in [-0.05, 0) is 36.2 Å². The molecule has 178 valence electrons. The van der Waals surface area contributed by atoms with Crippen LogP contribution < -0.4 is 14.9 Å². The summed E-state index contributed by atoms with van der Waals surface area (Å²) in [5.74, 6) is -0.871. The predicted molar refractivity (Wildman–Crippen MR) is 124 cm³/mol. The highest BCUT2D eigenvalue weighted by atomic mass is 16.6. The number of amides is 1. The van der Waals surface area contributed by atoms with E-state index in [0.717, 1.165) is 23.8 Å². The number of carbonyl (C=O) groups excluding carboxylic acids is 2. The molecule has 0 spiro atoms. The van der Waals surface area contributed by atoms with E-state index >= 15 is 0 Å². The van der Waals surface area contributed by atoms with Gasteiger partial charge in [0.15, 0.2) is 6.61 Å². The van der Waals surface area contributed by atoms with Gasteiger partial charge < -0.3 is 9.47 Å². The molecule has 0 saturated carbocycles. The Labute approximate surface area is 198 Å². The third-order valence-corrected chi connectivity index (χ3v) is 4.48. The minimum Gasteiger partial charge on any atom is -0.483 e.